The van der Waals surface area contributed by atoms with E-state index < -0.39 is 0 Å². The Morgan fingerprint density at radius 2 is 2.33 bits per heavy atom. The first-order valence-electron chi connectivity index (χ1n) is 4.11. The van der Waals surface area contributed by atoms with Crippen LogP contribution < -0.4 is 0 Å². The minimum absolute atomic E-state index is 0.146. The van der Waals surface area contributed by atoms with Crippen LogP contribution in [0.5, 0.6) is 0 Å². The number of hydrogen-bond acceptors (Lipinski definition) is 1. The average molecular weight is 161 g/mol. The highest BCUT2D eigenvalue weighted by molar-refractivity contribution is 6.01. The van der Waals surface area contributed by atoms with Gasteiger partial charge in [-0.25, -0.2) is 0 Å². The molecule has 2 nitrogen and oxygen atoms in total. The van der Waals surface area contributed by atoms with Gasteiger partial charge in [-0.15, -0.1) is 0 Å². The third-order valence-corrected chi connectivity index (χ3v) is 2.23. The molecule has 1 aliphatic heterocycles. The summed E-state index contributed by atoms with van der Waals surface area (Å²) in [4.78, 5) is 13.2. The van der Waals surface area contributed by atoms with Crippen molar-refractivity contribution in [3.63, 3.8) is 0 Å². The van der Waals surface area contributed by atoms with Crippen LogP contribution in [0.1, 0.15) is 6.42 Å². The first-order valence-corrected chi connectivity index (χ1v) is 4.11. The first-order chi connectivity index (χ1) is 5.79. The zero-order valence-corrected chi connectivity index (χ0v) is 7.08. The van der Waals surface area contributed by atoms with E-state index in [2.05, 4.69) is 12.2 Å². The third kappa shape index (κ3) is 0.998. The molecule has 0 saturated carbocycles. The summed E-state index contributed by atoms with van der Waals surface area (Å²) in [5, 5.41) is 0. The van der Waals surface area contributed by atoms with Crippen molar-refractivity contribution in [3.05, 3.63) is 35.5 Å². The largest absolute Gasteiger partial charge is 0.337 e. The Morgan fingerprint density at radius 1 is 1.50 bits per heavy atom. The third-order valence-electron chi connectivity index (χ3n) is 2.23. The van der Waals surface area contributed by atoms with Crippen molar-refractivity contribution in [1.29, 1.82) is 0 Å². The van der Waals surface area contributed by atoms with Crippen LogP contribution in [0, 0.1) is 0 Å². The van der Waals surface area contributed by atoms with Crippen LogP contribution in [-0.4, -0.2) is 24.4 Å². The highest BCUT2D eigenvalue weighted by Gasteiger charge is 2.26. The monoisotopic (exact) mass is 161 g/mol. The normalized spacial score (nSPS) is 21.8. The summed E-state index contributed by atoms with van der Waals surface area (Å²) in [6.07, 6.45) is 8.99. The number of hydrogen-bond donors (Lipinski definition) is 0. The second-order valence-electron chi connectivity index (χ2n) is 3.13. The standard InChI is InChI=1S/C10H11NO/c1-11-7-8-5-3-2-4-6-9(8)10(11)12/h2,4-6H,3,7H2,1H3. The van der Waals surface area contributed by atoms with E-state index in [1.807, 2.05) is 19.2 Å². The molecule has 2 aliphatic rings. The lowest BCUT2D eigenvalue weighted by Gasteiger charge is -2.03. The van der Waals surface area contributed by atoms with Gasteiger partial charge in [0, 0.05) is 19.2 Å². The lowest BCUT2D eigenvalue weighted by atomic mass is 10.1. The SMILES string of the molecule is CN1CC2=CCC=CC=C2C1=O. The Bertz CT molecular complexity index is 310. The van der Waals surface area contributed by atoms with Crippen molar-refractivity contribution >= 4 is 5.91 Å². The molecule has 1 amide bonds. The number of allylic oxidation sites excluding steroid dienone is 4. The average Bonchev–Trinajstić information content (AvgIpc) is 2.30. The van der Waals surface area contributed by atoms with Gasteiger partial charge in [0.25, 0.3) is 5.91 Å². The number of likely N-dealkylation sites (tertiary alicyclic amines) is 1. The van der Waals surface area contributed by atoms with E-state index in [0.29, 0.717) is 0 Å². The maximum atomic E-state index is 11.5. The molecule has 1 fully saturated rings. The number of likely N-dealkylation sites (N-methyl/N-ethyl adjacent to an activating group) is 1. The zero-order chi connectivity index (χ0) is 8.55. The summed E-state index contributed by atoms with van der Waals surface area (Å²) >= 11 is 0. The van der Waals surface area contributed by atoms with E-state index in [9.17, 15) is 4.79 Å². The van der Waals surface area contributed by atoms with E-state index in [-0.39, 0.29) is 5.91 Å². The van der Waals surface area contributed by atoms with E-state index in [1.54, 1.807) is 4.90 Å². The van der Waals surface area contributed by atoms with Crippen molar-refractivity contribution in [2.24, 2.45) is 0 Å². The molecule has 0 spiro atoms. The minimum atomic E-state index is 0.146. The Kier molecular flexibility index (Phi) is 1.61. The maximum Gasteiger partial charge on any atom is 0.254 e. The van der Waals surface area contributed by atoms with Crippen LogP contribution >= 0.6 is 0 Å². The molecule has 1 heterocycles. The van der Waals surface area contributed by atoms with Gasteiger partial charge in [0.15, 0.2) is 0 Å². The highest BCUT2D eigenvalue weighted by atomic mass is 16.2. The second-order valence-corrected chi connectivity index (χ2v) is 3.13. The van der Waals surface area contributed by atoms with E-state index >= 15 is 0 Å². The molecule has 2 heteroatoms. The second kappa shape index (κ2) is 2.63. The van der Waals surface area contributed by atoms with Crippen molar-refractivity contribution in [2.45, 2.75) is 6.42 Å². The molecule has 0 unspecified atom stereocenters. The van der Waals surface area contributed by atoms with E-state index in [4.69, 9.17) is 0 Å². The van der Waals surface area contributed by atoms with Crippen LogP contribution in [0.2, 0.25) is 0 Å². The summed E-state index contributed by atoms with van der Waals surface area (Å²) in [6.45, 7) is 0.770. The maximum absolute atomic E-state index is 11.5. The van der Waals surface area contributed by atoms with Crippen LogP contribution in [0.4, 0.5) is 0 Å². The van der Waals surface area contributed by atoms with Crippen molar-refractivity contribution in [2.75, 3.05) is 13.6 Å². The topological polar surface area (TPSA) is 20.3 Å². The molecule has 12 heavy (non-hydrogen) atoms. The van der Waals surface area contributed by atoms with Gasteiger partial charge < -0.3 is 4.90 Å². The molecule has 62 valence electrons. The fourth-order valence-corrected chi connectivity index (χ4v) is 1.56. The van der Waals surface area contributed by atoms with Crippen LogP contribution in [0.3, 0.4) is 0 Å². The molecular weight excluding hydrogens is 150 g/mol. The van der Waals surface area contributed by atoms with Crippen molar-refractivity contribution in [3.8, 4) is 0 Å². The molecule has 0 aromatic carbocycles. The van der Waals surface area contributed by atoms with Crippen LogP contribution in [0.25, 0.3) is 0 Å². The Labute approximate surface area is 71.9 Å². The molecule has 2 rings (SSSR count). The molecule has 0 aromatic rings. The fraction of sp³-hybridized carbons (Fsp3) is 0.300. The highest BCUT2D eigenvalue weighted by Crippen LogP contribution is 2.24. The van der Waals surface area contributed by atoms with Gasteiger partial charge in [0.05, 0.1) is 0 Å². The summed E-state index contributed by atoms with van der Waals surface area (Å²) in [5.41, 5.74) is 2.04. The Morgan fingerprint density at radius 3 is 3.17 bits per heavy atom. The van der Waals surface area contributed by atoms with Crippen molar-refractivity contribution in [1.82, 2.24) is 4.90 Å². The fourth-order valence-electron chi connectivity index (χ4n) is 1.56. The van der Waals surface area contributed by atoms with Gasteiger partial charge in [-0.3, -0.25) is 4.79 Å². The lowest BCUT2D eigenvalue weighted by molar-refractivity contribution is -0.123. The number of carbonyl (C=O) groups excluding carboxylic acids is 1. The molecule has 0 atom stereocenters. The predicted molar refractivity (Wildman–Crippen MR) is 47.6 cm³/mol. The molecule has 0 radical (unpaired) electrons. The van der Waals surface area contributed by atoms with Gasteiger partial charge in [0.1, 0.15) is 0 Å². The Balaban J connectivity index is 2.43. The zero-order valence-electron chi connectivity index (χ0n) is 7.08. The molecule has 0 N–H and O–H groups in total. The molecular formula is C10H11NO. The van der Waals surface area contributed by atoms with Gasteiger partial charge in [-0.05, 0) is 18.1 Å². The summed E-state index contributed by atoms with van der Waals surface area (Å²) < 4.78 is 0. The van der Waals surface area contributed by atoms with Gasteiger partial charge in [-0.2, -0.15) is 0 Å². The summed E-state index contributed by atoms with van der Waals surface area (Å²) in [5.74, 6) is 0.146. The first kappa shape index (κ1) is 7.35. The van der Waals surface area contributed by atoms with Crippen LogP contribution in [0.15, 0.2) is 35.5 Å². The molecule has 0 aromatic heterocycles. The predicted octanol–water partition coefficient (Wildman–Crippen LogP) is 1.27. The summed E-state index contributed by atoms with van der Waals surface area (Å²) in [7, 11) is 1.84. The number of fused-ring (bicyclic) bond motifs is 1. The molecule has 1 saturated heterocycles. The van der Waals surface area contributed by atoms with Crippen molar-refractivity contribution < 1.29 is 4.79 Å². The smallest absolute Gasteiger partial charge is 0.254 e. The molecule has 1 aliphatic carbocycles. The van der Waals surface area contributed by atoms with E-state index in [1.165, 1.54) is 5.57 Å². The quantitative estimate of drug-likeness (QED) is 0.524. The number of amides is 1. The van der Waals surface area contributed by atoms with Gasteiger partial charge in [-0.1, -0.05) is 18.2 Å². The lowest BCUT2D eigenvalue weighted by Crippen LogP contribution is -2.19. The number of rotatable bonds is 0. The van der Waals surface area contributed by atoms with Crippen LogP contribution in [-0.2, 0) is 4.79 Å². The Hall–Kier alpha value is -1.31. The number of nitrogens with zero attached hydrogens (tertiary/aromatic N) is 1. The van der Waals surface area contributed by atoms with E-state index in [0.717, 1.165) is 18.5 Å². The number of carbonyl (C=O) groups is 1. The van der Waals surface area contributed by atoms with Gasteiger partial charge in [0.2, 0.25) is 0 Å². The molecule has 0 bridgehead atoms. The summed E-state index contributed by atoms with van der Waals surface area (Å²) in [6, 6.07) is 0. The minimum Gasteiger partial charge on any atom is -0.337 e. The van der Waals surface area contributed by atoms with Gasteiger partial charge >= 0.3 is 0 Å².